The van der Waals surface area contributed by atoms with Crippen molar-refractivity contribution in [1.29, 1.82) is 0 Å². The third-order valence-electron chi connectivity index (χ3n) is 7.46. The van der Waals surface area contributed by atoms with Crippen LogP contribution >= 0.6 is 0 Å². The Morgan fingerprint density at radius 1 is 0.923 bits per heavy atom. The Morgan fingerprint density at radius 2 is 1.51 bits per heavy atom. The molecular formula is C30H52N2O6Si. The molecule has 0 aliphatic carbocycles. The fourth-order valence-electron chi connectivity index (χ4n) is 3.93. The van der Waals surface area contributed by atoms with Gasteiger partial charge in [0.25, 0.3) is 0 Å². The minimum Gasteiger partial charge on any atom is -0.459 e. The molecule has 222 valence electrons. The monoisotopic (exact) mass is 564 g/mol. The summed E-state index contributed by atoms with van der Waals surface area (Å²) in [6, 6.07) is 9.60. The molecule has 1 amide bonds. The molecule has 0 spiro atoms. The van der Waals surface area contributed by atoms with Crippen molar-refractivity contribution in [2.75, 3.05) is 39.4 Å². The van der Waals surface area contributed by atoms with Crippen molar-refractivity contribution in [3.05, 3.63) is 35.9 Å². The highest BCUT2D eigenvalue weighted by Crippen LogP contribution is 2.36. The normalized spacial score (nSPS) is 17.2. The first-order valence-corrected chi connectivity index (χ1v) is 17.1. The van der Waals surface area contributed by atoms with E-state index in [1.807, 2.05) is 65.0 Å². The zero-order valence-corrected chi connectivity index (χ0v) is 26.9. The highest BCUT2D eigenvalue weighted by Gasteiger charge is 2.39. The maximum Gasteiger partial charge on any atom is 0.410 e. The molecule has 1 aliphatic rings. The van der Waals surface area contributed by atoms with Crippen LogP contribution in [-0.4, -0.2) is 87.3 Å². The van der Waals surface area contributed by atoms with E-state index in [2.05, 4.69) is 38.8 Å². The van der Waals surface area contributed by atoms with Crippen LogP contribution in [0.3, 0.4) is 0 Å². The molecule has 9 heteroatoms. The molecule has 0 radical (unpaired) electrons. The number of hydrogen-bond acceptors (Lipinski definition) is 7. The lowest BCUT2D eigenvalue weighted by atomic mass is 10.1. The van der Waals surface area contributed by atoms with Crippen molar-refractivity contribution >= 4 is 20.4 Å². The zero-order chi connectivity index (χ0) is 29.4. The van der Waals surface area contributed by atoms with Gasteiger partial charge in [0.2, 0.25) is 0 Å². The van der Waals surface area contributed by atoms with Crippen molar-refractivity contribution in [2.45, 2.75) is 97.9 Å². The topological polar surface area (TPSA) is 77.5 Å². The molecular weight excluding hydrogens is 512 g/mol. The minimum absolute atomic E-state index is 0.0424. The number of esters is 1. The first kappa shape index (κ1) is 33.3. The second-order valence-electron chi connectivity index (χ2n) is 13.3. The van der Waals surface area contributed by atoms with Gasteiger partial charge in [-0.05, 0) is 50.4 Å². The third kappa shape index (κ3) is 10.9. The number of rotatable bonds is 11. The van der Waals surface area contributed by atoms with Crippen LogP contribution in [0.15, 0.2) is 30.3 Å². The van der Waals surface area contributed by atoms with Gasteiger partial charge >= 0.3 is 12.1 Å². The predicted molar refractivity (Wildman–Crippen MR) is 157 cm³/mol. The number of carbonyl (C=O) groups excluding carboxylic acids is 2. The van der Waals surface area contributed by atoms with Crippen LogP contribution in [0.25, 0.3) is 0 Å². The number of amides is 1. The summed E-state index contributed by atoms with van der Waals surface area (Å²) in [6.07, 6.45) is -0.958. The Hall–Kier alpha value is -1.94. The molecule has 1 saturated heterocycles. The molecule has 2 atom stereocenters. The summed E-state index contributed by atoms with van der Waals surface area (Å²) in [5.41, 5.74) is 0.416. The van der Waals surface area contributed by atoms with Gasteiger partial charge in [-0.25, -0.2) is 9.59 Å². The van der Waals surface area contributed by atoms with E-state index < -0.39 is 20.0 Å². The summed E-state index contributed by atoms with van der Waals surface area (Å²) in [5.74, 6) is -0.396. The largest absolute Gasteiger partial charge is 0.459 e. The molecule has 1 aliphatic heterocycles. The SMILES string of the molecule is CC(C)[C@H](OCC(CO[Si](C)(C)C(C)(C)C)N1CCN(C(=O)OC(C)(C)C)CC1)C(=O)OCc1ccccc1. The lowest BCUT2D eigenvalue weighted by molar-refractivity contribution is -0.163. The van der Waals surface area contributed by atoms with Gasteiger partial charge in [0, 0.05) is 26.2 Å². The lowest BCUT2D eigenvalue weighted by Gasteiger charge is -2.42. The van der Waals surface area contributed by atoms with Gasteiger partial charge in [-0.1, -0.05) is 65.0 Å². The highest BCUT2D eigenvalue weighted by atomic mass is 28.4. The van der Waals surface area contributed by atoms with Crippen molar-refractivity contribution in [1.82, 2.24) is 9.80 Å². The summed E-state index contributed by atoms with van der Waals surface area (Å²) >= 11 is 0. The second kappa shape index (κ2) is 14.1. The van der Waals surface area contributed by atoms with E-state index in [-0.39, 0.29) is 35.7 Å². The van der Waals surface area contributed by atoms with Gasteiger partial charge in [0.15, 0.2) is 14.4 Å². The summed E-state index contributed by atoms with van der Waals surface area (Å²) < 4.78 is 24.0. The maximum atomic E-state index is 13.0. The Kier molecular flexibility index (Phi) is 12.0. The lowest BCUT2D eigenvalue weighted by Crippen LogP contribution is -2.56. The summed E-state index contributed by atoms with van der Waals surface area (Å²) in [7, 11) is -2.00. The maximum absolute atomic E-state index is 13.0. The summed E-state index contributed by atoms with van der Waals surface area (Å²) in [6.45, 7) is 24.3. The average Bonchev–Trinajstić information content (AvgIpc) is 2.83. The minimum atomic E-state index is -2.00. The van der Waals surface area contributed by atoms with Crippen LogP contribution in [0.2, 0.25) is 18.1 Å². The zero-order valence-electron chi connectivity index (χ0n) is 25.9. The summed E-state index contributed by atoms with van der Waals surface area (Å²) in [5, 5.41) is 0.0789. The molecule has 1 aromatic rings. The van der Waals surface area contributed by atoms with Crippen molar-refractivity contribution < 1.29 is 28.2 Å². The molecule has 1 heterocycles. The molecule has 39 heavy (non-hydrogen) atoms. The average molecular weight is 565 g/mol. The Labute approximate surface area is 237 Å². The highest BCUT2D eigenvalue weighted by molar-refractivity contribution is 6.74. The molecule has 0 bridgehead atoms. The van der Waals surface area contributed by atoms with Gasteiger partial charge < -0.3 is 23.5 Å². The smallest absolute Gasteiger partial charge is 0.410 e. The van der Waals surface area contributed by atoms with Gasteiger partial charge in [-0.2, -0.15) is 0 Å². The van der Waals surface area contributed by atoms with Crippen LogP contribution in [0, 0.1) is 5.92 Å². The van der Waals surface area contributed by atoms with E-state index in [9.17, 15) is 9.59 Å². The molecule has 1 unspecified atom stereocenters. The number of piperazine rings is 1. The first-order valence-electron chi connectivity index (χ1n) is 14.2. The fourth-order valence-corrected chi connectivity index (χ4v) is 4.98. The van der Waals surface area contributed by atoms with Crippen LogP contribution in [0.5, 0.6) is 0 Å². The van der Waals surface area contributed by atoms with Crippen LogP contribution in [0.4, 0.5) is 4.79 Å². The standard InChI is InChI=1S/C30H52N2O6Si/c1-23(2)26(27(33)36-20-24-14-12-11-13-15-24)35-21-25(22-37-39(9,10)30(6,7)8)31-16-18-32(19-17-31)28(34)38-29(3,4)5/h11-15,23,25-26H,16-22H2,1-10H3/t25?,26-/m0/s1. The van der Waals surface area contributed by atoms with E-state index in [1.165, 1.54) is 0 Å². The Balaban J connectivity index is 2.07. The first-order chi connectivity index (χ1) is 18.0. The van der Waals surface area contributed by atoms with E-state index in [0.717, 1.165) is 5.56 Å². The number of carbonyl (C=O) groups is 2. The van der Waals surface area contributed by atoms with Crippen LogP contribution in [0.1, 0.15) is 61.0 Å². The van der Waals surface area contributed by atoms with Gasteiger partial charge in [0.05, 0.1) is 19.3 Å². The molecule has 1 aromatic carbocycles. The number of nitrogens with zero attached hydrogens (tertiary/aromatic N) is 2. The second-order valence-corrected chi connectivity index (χ2v) is 18.1. The number of ether oxygens (including phenoxy) is 3. The fraction of sp³-hybridized carbons (Fsp3) is 0.733. The molecule has 2 rings (SSSR count). The van der Waals surface area contributed by atoms with Gasteiger partial charge in [-0.3, -0.25) is 4.90 Å². The van der Waals surface area contributed by atoms with E-state index in [4.69, 9.17) is 18.6 Å². The molecule has 8 nitrogen and oxygen atoms in total. The van der Waals surface area contributed by atoms with Crippen molar-refractivity contribution in [2.24, 2.45) is 5.92 Å². The van der Waals surface area contributed by atoms with Gasteiger partial charge in [0.1, 0.15) is 12.2 Å². The Morgan fingerprint density at radius 3 is 2.03 bits per heavy atom. The van der Waals surface area contributed by atoms with E-state index in [1.54, 1.807) is 4.90 Å². The van der Waals surface area contributed by atoms with Gasteiger partial charge in [-0.15, -0.1) is 0 Å². The van der Waals surface area contributed by atoms with Crippen LogP contribution < -0.4 is 0 Å². The summed E-state index contributed by atoms with van der Waals surface area (Å²) in [4.78, 5) is 29.6. The van der Waals surface area contributed by atoms with Crippen LogP contribution in [-0.2, 0) is 30.0 Å². The molecule has 0 N–H and O–H groups in total. The molecule has 0 saturated carbocycles. The number of hydrogen-bond donors (Lipinski definition) is 0. The predicted octanol–water partition coefficient (Wildman–Crippen LogP) is 5.71. The van der Waals surface area contributed by atoms with E-state index >= 15 is 0 Å². The molecule has 0 aromatic heterocycles. The Bertz CT molecular complexity index is 902. The molecule has 1 fully saturated rings. The van der Waals surface area contributed by atoms with Crippen molar-refractivity contribution in [3.8, 4) is 0 Å². The van der Waals surface area contributed by atoms with E-state index in [0.29, 0.717) is 39.4 Å². The quantitative estimate of drug-likeness (QED) is 0.251. The third-order valence-corrected chi connectivity index (χ3v) is 12.0. The van der Waals surface area contributed by atoms with Crippen molar-refractivity contribution in [3.63, 3.8) is 0 Å². The number of benzene rings is 1.